The Morgan fingerprint density at radius 2 is 1.78 bits per heavy atom. The summed E-state index contributed by atoms with van der Waals surface area (Å²) in [5.41, 5.74) is 7.71. The Bertz CT molecular complexity index is 799. The van der Waals surface area contributed by atoms with Crippen molar-refractivity contribution in [3.8, 4) is 5.75 Å². The van der Waals surface area contributed by atoms with Gasteiger partial charge in [-0.3, -0.25) is 4.79 Å². The molecule has 0 unspecified atom stereocenters. The topological polar surface area (TPSA) is 87.9 Å². The molecule has 7 heteroatoms. The van der Waals surface area contributed by atoms with Gasteiger partial charge in [0.15, 0.2) is 0 Å². The van der Waals surface area contributed by atoms with Gasteiger partial charge < -0.3 is 25.6 Å². The van der Waals surface area contributed by atoms with E-state index in [1.807, 2.05) is 35.2 Å². The zero-order valence-corrected chi connectivity index (χ0v) is 15.4. The number of carbonyl (C=O) groups excluding carboxylic acids is 2. The highest BCUT2D eigenvalue weighted by atomic mass is 16.5. The minimum atomic E-state index is -0.566. The average Bonchev–Trinajstić information content (AvgIpc) is 2.72. The van der Waals surface area contributed by atoms with E-state index in [1.165, 1.54) is 0 Å². The normalized spacial score (nSPS) is 14.0. The molecule has 3 rings (SSSR count). The van der Waals surface area contributed by atoms with Crippen LogP contribution in [0.25, 0.3) is 0 Å². The van der Waals surface area contributed by atoms with Crippen LogP contribution in [0.1, 0.15) is 15.9 Å². The van der Waals surface area contributed by atoms with Gasteiger partial charge in [-0.15, -0.1) is 0 Å². The summed E-state index contributed by atoms with van der Waals surface area (Å²) in [6.07, 6.45) is 0. The van der Waals surface area contributed by atoms with Crippen molar-refractivity contribution >= 4 is 17.6 Å². The zero-order chi connectivity index (χ0) is 19.2. The molecule has 1 fully saturated rings. The Hall–Kier alpha value is -3.22. The SMILES string of the molecule is COc1cccc(N2CCN(C(=O)c3ccc(CNC(N)=O)cc3)CC2)c1. The maximum atomic E-state index is 12.7. The van der Waals surface area contributed by atoms with Crippen LogP contribution in [0.2, 0.25) is 0 Å². The minimum absolute atomic E-state index is 0.0229. The number of nitrogens with two attached hydrogens (primary N) is 1. The van der Waals surface area contributed by atoms with Crippen LogP contribution < -0.4 is 20.7 Å². The van der Waals surface area contributed by atoms with Gasteiger partial charge in [-0.2, -0.15) is 0 Å². The highest BCUT2D eigenvalue weighted by molar-refractivity contribution is 5.94. The number of nitrogens with one attached hydrogen (secondary N) is 1. The highest BCUT2D eigenvalue weighted by Gasteiger charge is 2.22. The Labute approximate surface area is 158 Å². The number of hydrogen-bond donors (Lipinski definition) is 2. The zero-order valence-electron chi connectivity index (χ0n) is 15.4. The summed E-state index contributed by atoms with van der Waals surface area (Å²) in [4.78, 5) is 27.6. The van der Waals surface area contributed by atoms with E-state index in [1.54, 1.807) is 19.2 Å². The van der Waals surface area contributed by atoms with Gasteiger partial charge in [0, 0.05) is 50.0 Å². The lowest BCUT2D eigenvalue weighted by molar-refractivity contribution is 0.0746. The van der Waals surface area contributed by atoms with Crippen molar-refractivity contribution in [1.82, 2.24) is 10.2 Å². The molecular formula is C20H24N4O3. The largest absolute Gasteiger partial charge is 0.497 e. The third-order valence-corrected chi connectivity index (χ3v) is 4.65. The van der Waals surface area contributed by atoms with Crippen molar-refractivity contribution in [1.29, 1.82) is 0 Å². The number of carbonyl (C=O) groups is 2. The summed E-state index contributed by atoms with van der Waals surface area (Å²) in [5.74, 6) is 0.853. The maximum absolute atomic E-state index is 12.7. The molecule has 0 atom stereocenters. The monoisotopic (exact) mass is 368 g/mol. The molecule has 2 aromatic carbocycles. The number of rotatable bonds is 5. The van der Waals surface area contributed by atoms with Gasteiger partial charge in [0.1, 0.15) is 5.75 Å². The van der Waals surface area contributed by atoms with Crippen molar-refractivity contribution in [2.75, 3.05) is 38.2 Å². The van der Waals surface area contributed by atoms with Gasteiger partial charge in [-0.1, -0.05) is 18.2 Å². The van der Waals surface area contributed by atoms with E-state index >= 15 is 0 Å². The quantitative estimate of drug-likeness (QED) is 0.843. The number of piperazine rings is 1. The third-order valence-electron chi connectivity index (χ3n) is 4.65. The first-order valence-electron chi connectivity index (χ1n) is 8.87. The second-order valence-corrected chi connectivity index (χ2v) is 6.40. The number of amides is 3. The molecule has 1 saturated heterocycles. The van der Waals surface area contributed by atoms with Crippen LogP contribution in [0.3, 0.4) is 0 Å². The number of primary amides is 1. The molecule has 1 aliphatic rings. The van der Waals surface area contributed by atoms with Crippen molar-refractivity contribution in [2.24, 2.45) is 5.73 Å². The van der Waals surface area contributed by atoms with E-state index in [-0.39, 0.29) is 5.91 Å². The molecule has 0 radical (unpaired) electrons. The smallest absolute Gasteiger partial charge is 0.312 e. The number of ether oxygens (including phenoxy) is 1. The summed E-state index contributed by atoms with van der Waals surface area (Å²) in [6.45, 7) is 3.24. The Morgan fingerprint density at radius 3 is 2.41 bits per heavy atom. The standard InChI is InChI=1S/C20H24N4O3/c1-27-18-4-2-3-17(13-18)23-9-11-24(12-10-23)19(25)16-7-5-15(6-8-16)14-22-20(21)26/h2-8,13H,9-12,14H2,1H3,(H3,21,22,26). The predicted octanol–water partition coefficient (Wildman–Crippen LogP) is 1.83. The molecule has 0 bridgehead atoms. The average molecular weight is 368 g/mol. The van der Waals surface area contributed by atoms with Crippen LogP contribution in [0, 0.1) is 0 Å². The Kier molecular flexibility index (Phi) is 5.80. The maximum Gasteiger partial charge on any atom is 0.312 e. The summed E-state index contributed by atoms with van der Waals surface area (Å²) < 4.78 is 5.28. The lowest BCUT2D eigenvalue weighted by Gasteiger charge is -2.36. The Morgan fingerprint density at radius 1 is 1.07 bits per heavy atom. The van der Waals surface area contributed by atoms with Crippen LogP contribution in [-0.2, 0) is 6.54 Å². The first-order valence-corrected chi connectivity index (χ1v) is 8.87. The lowest BCUT2D eigenvalue weighted by atomic mass is 10.1. The molecule has 0 saturated carbocycles. The van der Waals surface area contributed by atoms with Crippen LogP contribution in [0.4, 0.5) is 10.5 Å². The summed E-state index contributed by atoms with van der Waals surface area (Å²) in [7, 11) is 1.66. The van der Waals surface area contributed by atoms with Crippen LogP contribution >= 0.6 is 0 Å². The Balaban J connectivity index is 1.57. The summed E-state index contributed by atoms with van der Waals surface area (Å²) >= 11 is 0. The van der Waals surface area contributed by atoms with E-state index in [0.29, 0.717) is 25.2 Å². The fourth-order valence-electron chi connectivity index (χ4n) is 3.11. The fraction of sp³-hybridized carbons (Fsp3) is 0.300. The van der Waals surface area contributed by atoms with Gasteiger partial charge in [0.2, 0.25) is 0 Å². The number of hydrogen-bond acceptors (Lipinski definition) is 4. The second-order valence-electron chi connectivity index (χ2n) is 6.40. The number of nitrogens with zero attached hydrogens (tertiary/aromatic N) is 2. The molecule has 0 aliphatic carbocycles. The van der Waals surface area contributed by atoms with Gasteiger partial charge in [0.05, 0.1) is 7.11 Å². The van der Waals surface area contributed by atoms with Gasteiger partial charge >= 0.3 is 6.03 Å². The number of anilines is 1. The van der Waals surface area contributed by atoms with E-state index in [2.05, 4.69) is 16.3 Å². The number of methoxy groups -OCH3 is 1. The number of urea groups is 1. The molecule has 142 valence electrons. The molecule has 0 spiro atoms. The first-order chi connectivity index (χ1) is 13.1. The fourth-order valence-corrected chi connectivity index (χ4v) is 3.11. The van der Waals surface area contributed by atoms with Crippen molar-refractivity contribution in [2.45, 2.75) is 6.54 Å². The minimum Gasteiger partial charge on any atom is -0.497 e. The van der Waals surface area contributed by atoms with Crippen LogP contribution in [0.5, 0.6) is 5.75 Å². The van der Waals surface area contributed by atoms with Crippen molar-refractivity contribution in [3.05, 3.63) is 59.7 Å². The van der Waals surface area contributed by atoms with Gasteiger partial charge in [0.25, 0.3) is 5.91 Å². The molecule has 3 amide bonds. The van der Waals surface area contributed by atoms with Crippen LogP contribution in [0.15, 0.2) is 48.5 Å². The van der Waals surface area contributed by atoms with Crippen molar-refractivity contribution < 1.29 is 14.3 Å². The highest BCUT2D eigenvalue weighted by Crippen LogP contribution is 2.22. The van der Waals surface area contributed by atoms with E-state index < -0.39 is 6.03 Å². The summed E-state index contributed by atoms with van der Waals surface area (Å²) in [5, 5.41) is 2.53. The number of benzene rings is 2. The van der Waals surface area contributed by atoms with Gasteiger partial charge in [-0.25, -0.2) is 4.79 Å². The van der Waals surface area contributed by atoms with E-state index in [0.717, 1.165) is 30.1 Å². The molecule has 1 heterocycles. The van der Waals surface area contributed by atoms with E-state index in [4.69, 9.17) is 10.5 Å². The molecule has 7 nitrogen and oxygen atoms in total. The molecule has 27 heavy (non-hydrogen) atoms. The molecule has 0 aromatic heterocycles. The lowest BCUT2D eigenvalue weighted by Crippen LogP contribution is -2.48. The van der Waals surface area contributed by atoms with Gasteiger partial charge in [-0.05, 0) is 29.8 Å². The second kappa shape index (κ2) is 8.44. The van der Waals surface area contributed by atoms with Crippen LogP contribution in [-0.4, -0.2) is 50.1 Å². The molecular weight excluding hydrogens is 344 g/mol. The van der Waals surface area contributed by atoms with E-state index in [9.17, 15) is 9.59 Å². The molecule has 1 aliphatic heterocycles. The predicted molar refractivity (Wildman–Crippen MR) is 104 cm³/mol. The summed E-state index contributed by atoms with van der Waals surface area (Å²) in [6, 6.07) is 14.6. The van der Waals surface area contributed by atoms with Crippen molar-refractivity contribution in [3.63, 3.8) is 0 Å². The molecule has 3 N–H and O–H groups in total. The first kappa shape index (κ1) is 18.6. The molecule has 2 aromatic rings. The third kappa shape index (κ3) is 4.69.